The Morgan fingerprint density at radius 3 is 2.71 bits per heavy atom. The number of nitrogens with zero attached hydrogens (tertiary/aromatic N) is 2. The van der Waals surface area contributed by atoms with Crippen LogP contribution in [0.2, 0.25) is 0 Å². The summed E-state index contributed by atoms with van der Waals surface area (Å²) in [6, 6.07) is 2.08. The Kier molecular flexibility index (Phi) is 6.77. The molecule has 0 bridgehead atoms. The predicted octanol–water partition coefficient (Wildman–Crippen LogP) is 0.767. The third kappa shape index (κ3) is 5.55. The van der Waals surface area contributed by atoms with Crippen molar-refractivity contribution in [2.24, 2.45) is 5.92 Å². The van der Waals surface area contributed by atoms with Crippen LogP contribution in [0.1, 0.15) is 26.2 Å². The Labute approximate surface area is 85.1 Å². The summed E-state index contributed by atoms with van der Waals surface area (Å²) in [6.07, 6.45) is 1.82. The summed E-state index contributed by atoms with van der Waals surface area (Å²) in [5, 5.41) is 17.1. The van der Waals surface area contributed by atoms with Gasteiger partial charge in [-0.25, -0.2) is 0 Å². The van der Waals surface area contributed by atoms with Crippen LogP contribution >= 0.6 is 0 Å². The zero-order valence-electron chi connectivity index (χ0n) is 8.86. The third-order valence-electron chi connectivity index (χ3n) is 1.99. The molecule has 1 amide bonds. The molecule has 0 aliphatic carbocycles. The Hall–Kier alpha value is -1.08. The highest BCUT2D eigenvalue weighted by Gasteiger charge is 2.10. The minimum Gasteiger partial charge on any atom is -0.396 e. The molecule has 0 aromatic heterocycles. The summed E-state index contributed by atoms with van der Waals surface area (Å²) in [7, 11) is 1.70. The number of nitriles is 1. The lowest BCUT2D eigenvalue weighted by atomic mass is 10.2. The van der Waals surface area contributed by atoms with E-state index >= 15 is 0 Å². The fraction of sp³-hybridized carbons (Fsp3) is 0.800. The van der Waals surface area contributed by atoms with Gasteiger partial charge in [0, 0.05) is 26.6 Å². The highest BCUT2D eigenvalue weighted by Crippen LogP contribution is 2.02. The molecule has 0 saturated heterocycles. The van der Waals surface area contributed by atoms with Crippen molar-refractivity contribution in [3.63, 3.8) is 0 Å². The van der Waals surface area contributed by atoms with Crippen molar-refractivity contribution in [2.45, 2.75) is 26.2 Å². The van der Waals surface area contributed by atoms with Crippen molar-refractivity contribution in [2.75, 3.05) is 20.2 Å². The summed E-state index contributed by atoms with van der Waals surface area (Å²) in [4.78, 5) is 13.0. The van der Waals surface area contributed by atoms with Gasteiger partial charge in [0.05, 0.1) is 12.0 Å². The fourth-order valence-corrected chi connectivity index (χ4v) is 1.13. The molecule has 0 radical (unpaired) electrons. The van der Waals surface area contributed by atoms with Crippen LogP contribution in [0.25, 0.3) is 0 Å². The van der Waals surface area contributed by atoms with E-state index in [9.17, 15) is 4.79 Å². The summed E-state index contributed by atoms with van der Waals surface area (Å²) < 4.78 is 0. The molecule has 0 spiro atoms. The van der Waals surface area contributed by atoms with E-state index in [1.54, 1.807) is 18.9 Å². The molecular formula is C10H18N2O2. The molecular weight excluding hydrogens is 180 g/mol. The molecule has 0 saturated carbocycles. The molecule has 1 N–H and O–H groups in total. The van der Waals surface area contributed by atoms with Crippen molar-refractivity contribution >= 4 is 5.91 Å². The van der Waals surface area contributed by atoms with E-state index in [4.69, 9.17) is 10.4 Å². The maximum Gasteiger partial charge on any atom is 0.222 e. The average molecular weight is 198 g/mol. The SMILES string of the molecule is CC(C#N)CN(C)C(=O)CCCCO. The molecule has 0 aliphatic rings. The molecule has 1 unspecified atom stereocenters. The number of rotatable bonds is 6. The van der Waals surface area contributed by atoms with Gasteiger partial charge in [0.15, 0.2) is 0 Å². The van der Waals surface area contributed by atoms with Gasteiger partial charge in [0.2, 0.25) is 5.91 Å². The van der Waals surface area contributed by atoms with Gasteiger partial charge >= 0.3 is 0 Å². The van der Waals surface area contributed by atoms with E-state index in [0.717, 1.165) is 0 Å². The highest BCUT2D eigenvalue weighted by molar-refractivity contribution is 5.75. The van der Waals surface area contributed by atoms with Crippen LogP contribution in [0.3, 0.4) is 0 Å². The fourth-order valence-electron chi connectivity index (χ4n) is 1.13. The lowest BCUT2D eigenvalue weighted by Crippen LogP contribution is -2.30. The molecule has 0 heterocycles. The second kappa shape index (κ2) is 7.34. The van der Waals surface area contributed by atoms with E-state index in [0.29, 0.717) is 25.8 Å². The number of carbonyl (C=O) groups is 1. The first-order chi connectivity index (χ1) is 6.61. The largest absolute Gasteiger partial charge is 0.396 e. The maximum atomic E-state index is 11.4. The number of aliphatic hydroxyl groups is 1. The average Bonchev–Trinajstić information content (AvgIpc) is 2.17. The number of hydrogen-bond acceptors (Lipinski definition) is 3. The number of hydrogen-bond donors (Lipinski definition) is 1. The van der Waals surface area contributed by atoms with E-state index in [2.05, 4.69) is 6.07 Å². The van der Waals surface area contributed by atoms with Gasteiger partial charge in [-0.15, -0.1) is 0 Å². The number of amides is 1. The Morgan fingerprint density at radius 1 is 1.57 bits per heavy atom. The smallest absolute Gasteiger partial charge is 0.222 e. The zero-order valence-corrected chi connectivity index (χ0v) is 8.86. The standard InChI is InChI=1S/C10H18N2O2/c1-9(7-11)8-12(2)10(14)5-3-4-6-13/h9,13H,3-6,8H2,1-2H3. The first-order valence-electron chi connectivity index (χ1n) is 4.86. The molecule has 0 aliphatic heterocycles. The second-order valence-electron chi connectivity index (χ2n) is 3.49. The molecule has 0 aromatic rings. The second-order valence-corrected chi connectivity index (χ2v) is 3.49. The van der Waals surface area contributed by atoms with Crippen molar-refractivity contribution in [3.8, 4) is 6.07 Å². The predicted molar refractivity (Wildman–Crippen MR) is 53.4 cm³/mol. The van der Waals surface area contributed by atoms with E-state index < -0.39 is 0 Å². The highest BCUT2D eigenvalue weighted by atomic mass is 16.2. The number of aliphatic hydroxyl groups excluding tert-OH is 1. The van der Waals surface area contributed by atoms with E-state index in [1.165, 1.54) is 0 Å². The van der Waals surface area contributed by atoms with Crippen molar-refractivity contribution in [1.82, 2.24) is 4.90 Å². The lowest BCUT2D eigenvalue weighted by molar-refractivity contribution is -0.130. The monoisotopic (exact) mass is 198 g/mol. The normalized spacial score (nSPS) is 11.9. The van der Waals surface area contributed by atoms with Crippen molar-refractivity contribution < 1.29 is 9.90 Å². The van der Waals surface area contributed by atoms with Crippen molar-refractivity contribution in [1.29, 1.82) is 5.26 Å². The van der Waals surface area contributed by atoms with Gasteiger partial charge in [0.25, 0.3) is 0 Å². The molecule has 14 heavy (non-hydrogen) atoms. The number of unbranched alkanes of at least 4 members (excludes halogenated alkanes) is 1. The minimum atomic E-state index is -0.123. The molecule has 1 atom stereocenters. The van der Waals surface area contributed by atoms with Gasteiger partial charge in [-0.1, -0.05) is 0 Å². The quantitative estimate of drug-likeness (QED) is 0.641. The third-order valence-corrected chi connectivity index (χ3v) is 1.99. The zero-order chi connectivity index (χ0) is 11.0. The molecule has 4 heteroatoms. The lowest BCUT2D eigenvalue weighted by Gasteiger charge is -2.17. The first-order valence-corrected chi connectivity index (χ1v) is 4.86. The molecule has 0 rings (SSSR count). The van der Waals surface area contributed by atoms with Gasteiger partial charge < -0.3 is 10.0 Å². The molecule has 0 fully saturated rings. The van der Waals surface area contributed by atoms with Crippen LogP contribution in [0, 0.1) is 17.2 Å². The van der Waals surface area contributed by atoms with Crippen molar-refractivity contribution in [3.05, 3.63) is 0 Å². The van der Waals surface area contributed by atoms with Gasteiger partial charge in [0.1, 0.15) is 0 Å². The van der Waals surface area contributed by atoms with Crippen LogP contribution in [0.5, 0.6) is 0 Å². The number of carbonyl (C=O) groups excluding carboxylic acids is 1. The minimum absolute atomic E-state index is 0.0422. The van der Waals surface area contributed by atoms with Crippen LogP contribution < -0.4 is 0 Å². The Bertz CT molecular complexity index is 211. The Morgan fingerprint density at radius 2 is 2.21 bits per heavy atom. The summed E-state index contributed by atoms with van der Waals surface area (Å²) in [5.41, 5.74) is 0. The molecule has 4 nitrogen and oxygen atoms in total. The van der Waals surface area contributed by atoms with Gasteiger partial charge in [-0.05, 0) is 19.8 Å². The van der Waals surface area contributed by atoms with Crippen LogP contribution in [-0.2, 0) is 4.79 Å². The van der Waals surface area contributed by atoms with Gasteiger partial charge in [-0.2, -0.15) is 5.26 Å². The summed E-state index contributed by atoms with van der Waals surface area (Å²) in [5.74, 6) is -0.0812. The molecule has 80 valence electrons. The Balaban J connectivity index is 3.71. The first kappa shape index (κ1) is 12.9. The van der Waals surface area contributed by atoms with Crippen LogP contribution in [0.4, 0.5) is 0 Å². The summed E-state index contributed by atoms with van der Waals surface area (Å²) >= 11 is 0. The van der Waals surface area contributed by atoms with E-state index in [-0.39, 0.29) is 18.4 Å². The van der Waals surface area contributed by atoms with Crippen LogP contribution in [-0.4, -0.2) is 36.1 Å². The summed E-state index contributed by atoms with van der Waals surface area (Å²) in [6.45, 7) is 2.40. The topological polar surface area (TPSA) is 64.3 Å². The van der Waals surface area contributed by atoms with E-state index in [1.807, 2.05) is 0 Å². The molecule has 0 aromatic carbocycles. The van der Waals surface area contributed by atoms with Gasteiger partial charge in [-0.3, -0.25) is 4.79 Å². The maximum absolute atomic E-state index is 11.4. The van der Waals surface area contributed by atoms with Crippen LogP contribution in [0.15, 0.2) is 0 Å².